The highest BCUT2D eigenvalue weighted by atomic mass is 35.5. The van der Waals surface area contributed by atoms with Crippen molar-refractivity contribution in [3.05, 3.63) is 0 Å². The molecule has 1 aliphatic carbocycles. The first kappa shape index (κ1) is 14.2. The van der Waals surface area contributed by atoms with Gasteiger partial charge >= 0.3 is 0 Å². The molecule has 0 aromatic rings. The van der Waals surface area contributed by atoms with Crippen molar-refractivity contribution in [1.29, 1.82) is 0 Å². The van der Waals surface area contributed by atoms with Crippen molar-refractivity contribution in [1.82, 2.24) is 0 Å². The summed E-state index contributed by atoms with van der Waals surface area (Å²) >= 11 is 6.10. The SMILES string of the molecule is CCCC(C)OC1CC(Cl)C1OCCOC. The van der Waals surface area contributed by atoms with Crippen LogP contribution in [0, 0.1) is 0 Å². The molecular weight excluding hydrogens is 228 g/mol. The van der Waals surface area contributed by atoms with Gasteiger partial charge in [0.25, 0.3) is 0 Å². The normalized spacial score (nSPS) is 31.1. The van der Waals surface area contributed by atoms with E-state index in [1.807, 2.05) is 0 Å². The summed E-state index contributed by atoms with van der Waals surface area (Å²) in [5.74, 6) is 0. The Kier molecular flexibility index (Phi) is 6.66. The Labute approximate surface area is 103 Å². The van der Waals surface area contributed by atoms with Gasteiger partial charge in [0.2, 0.25) is 0 Å². The van der Waals surface area contributed by atoms with Crippen LogP contribution in [0.5, 0.6) is 0 Å². The zero-order chi connectivity index (χ0) is 12.0. The molecule has 4 heteroatoms. The third-order valence-electron chi connectivity index (χ3n) is 2.88. The van der Waals surface area contributed by atoms with Crippen LogP contribution in [0.3, 0.4) is 0 Å². The van der Waals surface area contributed by atoms with Crippen LogP contribution in [0.25, 0.3) is 0 Å². The summed E-state index contributed by atoms with van der Waals surface area (Å²) in [4.78, 5) is 0. The van der Waals surface area contributed by atoms with E-state index in [1.165, 1.54) is 0 Å². The van der Waals surface area contributed by atoms with E-state index in [1.54, 1.807) is 7.11 Å². The predicted molar refractivity (Wildman–Crippen MR) is 65.1 cm³/mol. The molecule has 1 fully saturated rings. The van der Waals surface area contributed by atoms with Gasteiger partial charge in [-0.15, -0.1) is 11.6 Å². The van der Waals surface area contributed by atoms with E-state index >= 15 is 0 Å². The van der Waals surface area contributed by atoms with Gasteiger partial charge in [-0.1, -0.05) is 13.3 Å². The van der Waals surface area contributed by atoms with Crippen molar-refractivity contribution < 1.29 is 14.2 Å². The zero-order valence-electron chi connectivity index (χ0n) is 10.4. The molecule has 0 amide bonds. The van der Waals surface area contributed by atoms with E-state index in [-0.39, 0.29) is 17.6 Å². The fraction of sp³-hybridized carbons (Fsp3) is 1.00. The average Bonchev–Trinajstić information content (AvgIpc) is 2.24. The standard InChI is InChI=1S/C12H23ClO3/c1-4-5-9(2)16-11-8-10(13)12(11)15-7-6-14-3/h9-12H,4-8H2,1-3H3. The molecule has 0 spiro atoms. The quantitative estimate of drug-likeness (QED) is 0.490. The van der Waals surface area contributed by atoms with E-state index in [0.717, 1.165) is 19.3 Å². The summed E-state index contributed by atoms with van der Waals surface area (Å²) in [6.07, 6.45) is 3.64. The van der Waals surface area contributed by atoms with Gasteiger partial charge in [-0.25, -0.2) is 0 Å². The Morgan fingerprint density at radius 3 is 2.69 bits per heavy atom. The summed E-state index contributed by atoms with van der Waals surface area (Å²) in [5.41, 5.74) is 0. The molecule has 1 saturated carbocycles. The van der Waals surface area contributed by atoms with Crippen molar-refractivity contribution >= 4 is 11.6 Å². The van der Waals surface area contributed by atoms with Gasteiger partial charge in [0.15, 0.2) is 0 Å². The molecule has 0 aromatic heterocycles. The number of rotatable bonds is 8. The topological polar surface area (TPSA) is 27.7 Å². The lowest BCUT2D eigenvalue weighted by atomic mass is 9.90. The van der Waals surface area contributed by atoms with Gasteiger partial charge in [-0.2, -0.15) is 0 Å². The van der Waals surface area contributed by atoms with Crippen molar-refractivity contribution in [2.24, 2.45) is 0 Å². The highest BCUT2D eigenvalue weighted by Gasteiger charge is 2.42. The zero-order valence-corrected chi connectivity index (χ0v) is 11.2. The molecule has 3 nitrogen and oxygen atoms in total. The summed E-state index contributed by atoms with van der Waals surface area (Å²) in [5, 5.41) is 0.0932. The average molecular weight is 251 g/mol. The lowest BCUT2D eigenvalue weighted by Crippen LogP contribution is -2.52. The number of ether oxygens (including phenoxy) is 3. The van der Waals surface area contributed by atoms with E-state index < -0.39 is 0 Å². The molecule has 0 N–H and O–H groups in total. The first-order valence-corrected chi connectivity index (χ1v) is 6.52. The van der Waals surface area contributed by atoms with Crippen molar-refractivity contribution in [3.63, 3.8) is 0 Å². The van der Waals surface area contributed by atoms with Gasteiger partial charge in [0.05, 0.1) is 30.8 Å². The third kappa shape index (κ3) is 4.21. The first-order valence-electron chi connectivity index (χ1n) is 6.09. The second kappa shape index (κ2) is 7.49. The van der Waals surface area contributed by atoms with E-state index in [0.29, 0.717) is 19.3 Å². The molecule has 16 heavy (non-hydrogen) atoms. The maximum Gasteiger partial charge on any atom is 0.100 e. The van der Waals surface area contributed by atoms with E-state index in [9.17, 15) is 0 Å². The Morgan fingerprint density at radius 1 is 1.38 bits per heavy atom. The Hall–Kier alpha value is 0.170. The minimum absolute atomic E-state index is 0.0381. The molecule has 0 radical (unpaired) electrons. The first-order chi connectivity index (χ1) is 7.69. The molecule has 4 atom stereocenters. The summed E-state index contributed by atoms with van der Waals surface area (Å²) in [7, 11) is 1.67. The molecule has 0 saturated heterocycles. The molecule has 1 rings (SSSR count). The smallest absolute Gasteiger partial charge is 0.100 e. The molecule has 0 heterocycles. The number of hydrogen-bond acceptors (Lipinski definition) is 3. The molecule has 96 valence electrons. The molecular formula is C12H23ClO3. The maximum absolute atomic E-state index is 6.10. The van der Waals surface area contributed by atoms with Gasteiger partial charge in [-0.3, -0.25) is 0 Å². The Bertz CT molecular complexity index is 189. The Balaban J connectivity index is 2.21. The van der Waals surface area contributed by atoms with Crippen LogP contribution in [0.4, 0.5) is 0 Å². The maximum atomic E-state index is 6.10. The minimum Gasteiger partial charge on any atom is -0.382 e. The number of alkyl halides is 1. The van der Waals surface area contributed by atoms with Gasteiger partial charge in [0.1, 0.15) is 6.10 Å². The second-order valence-electron chi connectivity index (χ2n) is 4.35. The van der Waals surface area contributed by atoms with E-state index in [4.69, 9.17) is 25.8 Å². The Morgan fingerprint density at radius 2 is 2.12 bits per heavy atom. The van der Waals surface area contributed by atoms with Crippen LogP contribution >= 0.6 is 11.6 Å². The molecule has 4 unspecified atom stereocenters. The largest absolute Gasteiger partial charge is 0.382 e. The van der Waals surface area contributed by atoms with Crippen LogP contribution in [0.15, 0.2) is 0 Å². The number of methoxy groups -OCH3 is 1. The molecule has 0 bridgehead atoms. The van der Waals surface area contributed by atoms with Gasteiger partial charge in [-0.05, 0) is 19.8 Å². The highest BCUT2D eigenvalue weighted by molar-refractivity contribution is 6.21. The van der Waals surface area contributed by atoms with Crippen LogP contribution < -0.4 is 0 Å². The molecule has 1 aliphatic rings. The van der Waals surface area contributed by atoms with Crippen LogP contribution in [0.2, 0.25) is 0 Å². The van der Waals surface area contributed by atoms with Crippen molar-refractivity contribution in [3.8, 4) is 0 Å². The summed E-state index contributed by atoms with van der Waals surface area (Å²) in [6, 6.07) is 0. The number of halogens is 1. The van der Waals surface area contributed by atoms with Crippen LogP contribution in [-0.2, 0) is 14.2 Å². The minimum atomic E-state index is 0.0381. The fourth-order valence-corrected chi connectivity index (χ4v) is 2.32. The highest BCUT2D eigenvalue weighted by Crippen LogP contribution is 2.33. The summed E-state index contributed by atoms with van der Waals surface area (Å²) < 4.78 is 16.5. The lowest BCUT2D eigenvalue weighted by molar-refractivity contribution is -0.149. The van der Waals surface area contributed by atoms with Gasteiger partial charge in [0, 0.05) is 7.11 Å². The van der Waals surface area contributed by atoms with Gasteiger partial charge < -0.3 is 14.2 Å². The molecule has 0 aromatic carbocycles. The summed E-state index contributed by atoms with van der Waals surface area (Å²) in [6.45, 7) is 5.47. The van der Waals surface area contributed by atoms with E-state index in [2.05, 4.69) is 13.8 Å². The number of hydrogen-bond donors (Lipinski definition) is 0. The fourth-order valence-electron chi connectivity index (χ4n) is 1.91. The van der Waals surface area contributed by atoms with Crippen molar-refractivity contribution in [2.45, 2.75) is 56.8 Å². The lowest BCUT2D eigenvalue weighted by Gasteiger charge is -2.41. The van der Waals surface area contributed by atoms with Crippen molar-refractivity contribution in [2.75, 3.05) is 20.3 Å². The predicted octanol–water partition coefficient (Wildman–Crippen LogP) is 2.60. The third-order valence-corrected chi connectivity index (χ3v) is 3.31. The monoisotopic (exact) mass is 250 g/mol. The molecule has 0 aliphatic heterocycles. The van der Waals surface area contributed by atoms with Crippen LogP contribution in [-0.4, -0.2) is 44.0 Å². The van der Waals surface area contributed by atoms with Crippen LogP contribution in [0.1, 0.15) is 33.1 Å². The second-order valence-corrected chi connectivity index (χ2v) is 4.91.